The third-order valence-electron chi connectivity index (χ3n) is 11.5. The van der Waals surface area contributed by atoms with Crippen LogP contribution in [-0.2, 0) is 47.8 Å². The van der Waals surface area contributed by atoms with Crippen LogP contribution in [0, 0.1) is 65.5 Å². The summed E-state index contributed by atoms with van der Waals surface area (Å²) >= 11 is 0. The highest BCUT2D eigenvalue weighted by Gasteiger charge is 2.34. The molecule has 0 saturated heterocycles. The van der Waals surface area contributed by atoms with E-state index in [2.05, 4.69) is 67.6 Å². The zero-order valence-corrected chi connectivity index (χ0v) is 57.8. The molecule has 0 spiro atoms. The van der Waals surface area contributed by atoms with E-state index in [0.29, 0.717) is 43.2 Å². The molecule has 0 radical (unpaired) electrons. The van der Waals surface area contributed by atoms with E-state index in [1.54, 1.807) is 0 Å². The molecule has 0 aliphatic carbocycles. The molecule has 1 N–H and O–H groups in total. The summed E-state index contributed by atoms with van der Waals surface area (Å²) in [6.07, 6.45) is 2.42. The Bertz CT molecular complexity index is 1760. The van der Waals surface area contributed by atoms with Crippen molar-refractivity contribution in [2.24, 2.45) is 65.5 Å². The monoisotopic (exact) mass is 1100 g/mol. The number of nitrogens with one attached hydrogen (secondary N) is 1. The average Bonchev–Trinajstić information content (AvgIpc) is 3.13. The summed E-state index contributed by atoms with van der Waals surface area (Å²) in [4.78, 5) is 92.1. The zero-order chi connectivity index (χ0) is 64.0. The van der Waals surface area contributed by atoms with Crippen molar-refractivity contribution in [3.63, 3.8) is 0 Å². The summed E-state index contributed by atoms with van der Waals surface area (Å²) in [7, 11) is 0. The highest BCUT2D eigenvalue weighted by atomic mass is 16.5. The molecule has 11 nitrogen and oxygen atoms in total. The van der Waals surface area contributed by atoms with Crippen molar-refractivity contribution in [3.05, 3.63) is 0 Å². The van der Waals surface area contributed by atoms with E-state index < -0.39 is 5.41 Å². The smallest absolute Gasteiger partial charge is 0.246 e. The van der Waals surface area contributed by atoms with E-state index in [0.717, 1.165) is 6.42 Å². The lowest BCUT2D eigenvalue weighted by Crippen LogP contribution is -2.42. The summed E-state index contributed by atoms with van der Waals surface area (Å²) in [5, 5.41) is 2.76. The van der Waals surface area contributed by atoms with Crippen LogP contribution in [0.15, 0.2) is 0 Å². The first-order valence-electron chi connectivity index (χ1n) is 28.3. The van der Waals surface area contributed by atoms with Crippen molar-refractivity contribution >= 4 is 46.4 Å². The van der Waals surface area contributed by atoms with Crippen molar-refractivity contribution in [1.29, 1.82) is 0 Å². The second-order valence-corrected chi connectivity index (χ2v) is 33.8. The van der Waals surface area contributed by atoms with Gasteiger partial charge in [-0.1, -0.05) is 235 Å². The number of rotatable bonds is 13. The highest BCUT2D eigenvalue weighted by molar-refractivity contribution is 5.91. The molecule has 0 aliphatic heterocycles. The molecular formula is C66H129NO10. The molecule has 0 rings (SSSR count). The fourth-order valence-electron chi connectivity index (χ4n) is 5.56. The topological polar surface area (TPSA) is 167 Å². The maximum atomic E-state index is 11.8. The molecule has 11 heteroatoms. The van der Waals surface area contributed by atoms with Gasteiger partial charge in [-0.15, -0.1) is 0 Å². The van der Waals surface area contributed by atoms with Gasteiger partial charge < -0.3 is 14.8 Å². The number of hydrogen-bond donors (Lipinski definition) is 1. The van der Waals surface area contributed by atoms with Crippen LogP contribution in [0.3, 0.4) is 0 Å². The maximum Gasteiger partial charge on any atom is 0.246 e. The van der Waals surface area contributed by atoms with Gasteiger partial charge in [0.15, 0.2) is 11.6 Å². The van der Waals surface area contributed by atoms with Crippen LogP contribution in [0.1, 0.15) is 282 Å². The van der Waals surface area contributed by atoms with Crippen molar-refractivity contribution in [3.8, 4) is 0 Å². The number of amides is 1. The second-order valence-electron chi connectivity index (χ2n) is 33.8. The van der Waals surface area contributed by atoms with Gasteiger partial charge in [-0.2, -0.15) is 0 Å². The normalized spacial score (nSPS) is 13.4. The van der Waals surface area contributed by atoms with Crippen molar-refractivity contribution in [2.75, 3.05) is 26.4 Å². The summed E-state index contributed by atoms with van der Waals surface area (Å²) in [6.45, 7) is 73.8. The van der Waals surface area contributed by atoms with Crippen LogP contribution in [0.25, 0.3) is 0 Å². The maximum absolute atomic E-state index is 11.8. The molecular weight excluding hydrogens is 967 g/mol. The van der Waals surface area contributed by atoms with Crippen molar-refractivity contribution in [1.82, 2.24) is 5.32 Å². The lowest BCUT2D eigenvalue weighted by molar-refractivity contribution is -0.135. The first-order chi connectivity index (χ1) is 33.0. The Labute approximate surface area is 477 Å². The summed E-state index contributed by atoms with van der Waals surface area (Å²) < 4.78 is 10.4. The third kappa shape index (κ3) is 52.2. The van der Waals surface area contributed by atoms with Gasteiger partial charge in [-0.05, 0) is 43.4 Å². The highest BCUT2D eigenvalue weighted by Crippen LogP contribution is 2.33. The average molecular weight is 1100 g/mol. The molecule has 0 aromatic rings. The van der Waals surface area contributed by atoms with Crippen LogP contribution in [-0.4, -0.2) is 78.4 Å². The minimum absolute atomic E-state index is 0.00365. The summed E-state index contributed by atoms with van der Waals surface area (Å²) in [6, 6.07) is 0. The van der Waals surface area contributed by atoms with Gasteiger partial charge in [0.1, 0.15) is 48.7 Å². The lowest BCUT2D eigenvalue weighted by Gasteiger charge is -2.31. The molecule has 0 bridgehead atoms. The first kappa shape index (κ1) is 85.4. The van der Waals surface area contributed by atoms with Gasteiger partial charge in [0.2, 0.25) is 5.91 Å². The van der Waals surface area contributed by atoms with E-state index in [9.17, 15) is 38.4 Å². The Balaban J connectivity index is -0.000000198. The second kappa shape index (κ2) is 33.1. The zero-order valence-electron chi connectivity index (χ0n) is 57.8. The molecule has 0 aromatic heterocycles. The number of Topliss-reactive ketones (excluding diaryl/α,β-unsaturated/α-hetero) is 7. The minimum atomic E-state index is -0.416. The van der Waals surface area contributed by atoms with E-state index >= 15 is 0 Å². The number of carbonyl (C=O) groups is 8. The number of ketones is 7. The molecule has 1 atom stereocenters. The predicted molar refractivity (Wildman–Crippen MR) is 326 cm³/mol. The van der Waals surface area contributed by atoms with Crippen molar-refractivity contribution < 1.29 is 47.8 Å². The molecule has 1 amide bonds. The first-order valence-corrected chi connectivity index (χ1v) is 28.3. The Morgan fingerprint density at radius 1 is 0.351 bits per heavy atom. The standard InChI is InChI=1S/C12H23NO3.C12H24O2.C12H22O2.C11H22O.C10H20O.C9H18O/c1-11(2,3)9(14)7-16-8-10(15)13-12(4,5)6;1-11(2,3)7-8-14-9-10(13)12(4,5)6;1-11(2,3)9(13)7-8-10(14)12(4,5)6;1-8(10(2,3)4)9(12)11(5,6)7;1-9(2,3)7-8(11)10(4,5)6;1-8(2,3)7(10)9(4,5)6/h7-8H2,1-6H3,(H,13,15);7-9H2,1-6H3;7-8H2,1-6H3;8H,1-7H3;7H2,1-6H3;1-6H3. The molecule has 0 heterocycles. The van der Waals surface area contributed by atoms with Crippen LogP contribution in [0.2, 0.25) is 0 Å². The van der Waals surface area contributed by atoms with Gasteiger partial charge in [-0.3, -0.25) is 38.4 Å². The SMILES string of the molecule is CC(C(=O)C(C)(C)C)C(C)(C)C.CC(C)(C)C(=O)C(C)(C)C.CC(C)(C)C(=O)CCC(=O)C(C)(C)C.CC(C)(C)CC(=O)C(C)(C)C.CC(C)(C)CCOCC(=O)C(C)(C)C.CC(C)(C)NC(=O)COCC(=O)C(C)(C)C. The van der Waals surface area contributed by atoms with E-state index in [1.165, 1.54) is 0 Å². The molecule has 458 valence electrons. The fraction of sp³-hybridized carbons (Fsp3) is 0.879. The molecule has 0 aliphatic rings. The minimum Gasteiger partial charge on any atom is -0.374 e. The number of carbonyl (C=O) groups excluding carboxylic acids is 8. The lowest BCUT2D eigenvalue weighted by atomic mass is 9.72. The van der Waals surface area contributed by atoms with Crippen LogP contribution in [0.5, 0.6) is 0 Å². The van der Waals surface area contributed by atoms with Gasteiger partial charge in [0.05, 0.1) is 0 Å². The Hall–Kier alpha value is -2.92. The molecule has 77 heavy (non-hydrogen) atoms. The summed E-state index contributed by atoms with van der Waals surface area (Å²) in [5.41, 5.74) is -1.87. The molecule has 0 aromatic carbocycles. The van der Waals surface area contributed by atoms with Crippen LogP contribution in [0.4, 0.5) is 0 Å². The van der Waals surface area contributed by atoms with Gasteiger partial charge in [-0.25, -0.2) is 0 Å². The van der Waals surface area contributed by atoms with Gasteiger partial charge in [0, 0.05) is 80.6 Å². The van der Waals surface area contributed by atoms with Gasteiger partial charge in [0.25, 0.3) is 0 Å². The summed E-state index contributed by atoms with van der Waals surface area (Å²) in [5.74, 6) is 1.46. The molecule has 0 saturated carbocycles. The Morgan fingerprint density at radius 3 is 0.831 bits per heavy atom. The van der Waals surface area contributed by atoms with Crippen LogP contribution < -0.4 is 5.32 Å². The number of ether oxygens (including phenoxy) is 2. The van der Waals surface area contributed by atoms with Gasteiger partial charge >= 0.3 is 0 Å². The molecule has 0 fully saturated rings. The van der Waals surface area contributed by atoms with Crippen molar-refractivity contribution in [2.45, 2.75) is 287 Å². The fourth-order valence-corrected chi connectivity index (χ4v) is 5.56. The number of hydrogen-bond acceptors (Lipinski definition) is 10. The predicted octanol–water partition coefficient (Wildman–Crippen LogP) is 16.6. The quantitative estimate of drug-likeness (QED) is 0.175. The van der Waals surface area contributed by atoms with Crippen LogP contribution >= 0.6 is 0 Å². The van der Waals surface area contributed by atoms with E-state index in [1.807, 2.05) is 194 Å². The largest absolute Gasteiger partial charge is 0.374 e. The molecule has 1 unspecified atom stereocenters. The Kier molecular flexibility index (Phi) is 36.7. The van der Waals surface area contributed by atoms with E-state index in [-0.39, 0.29) is 114 Å². The third-order valence-corrected chi connectivity index (χ3v) is 11.5. The van der Waals surface area contributed by atoms with E-state index in [4.69, 9.17) is 9.47 Å². The Morgan fingerprint density at radius 2 is 0.649 bits per heavy atom.